The summed E-state index contributed by atoms with van der Waals surface area (Å²) in [7, 11) is 0. The number of hydrogen-bond acceptors (Lipinski definition) is 1. The molecule has 0 aromatic heterocycles. The molecule has 3 heteroatoms. The van der Waals surface area contributed by atoms with Crippen molar-refractivity contribution in [3.63, 3.8) is 0 Å². The summed E-state index contributed by atoms with van der Waals surface area (Å²) in [6.45, 7) is 5.09. The minimum Gasteiger partial charge on any atom is -0.362 e. The molecule has 0 saturated carbocycles. The van der Waals surface area contributed by atoms with Crippen LogP contribution in [-0.2, 0) is 6.42 Å². The molecule has 25 heavy (non-hydrogen) atoms. The molecule has 3 aromatic rings. The maximum atomic E-state index is 5.40. The van der Waals surface area contributed by atoms with Crippen molar-refractivity contribution in [2.75, 3.05) is 11.9 Å². The molecule has 0 saturated heterocycles. The van der Waals surface area contributed by atoms with Gasteiger partial charge in [-0.15, -0.1) is 0 Å². The summed E-state index contributed by atoms with van der Waals surface area (Å²) in [6, 6.07) is 21.4. The first-order valence-electron chi connectivity index (χ1n) is 8.72. The summed E-state index contributed by atoms with van der Waals surface area (Å²) in [5.74, 6) is 0. The van der Waals surface area contributed by atoms with Crippen LogP contribution in [0.3, 0.4) is 0 Å². The number of aryl methyl sites for hydroxylation is 3. The number of anilines is 1. The highest BCUT2D eigenvalue weighted by Gasteiger charge is 2.02. The number of fused-ring (bicyclic) bond motifs is 1. The molecule has 0 atom stereocenters. The van der Waals surface area contributed by atoms with Crippen LogP contribution < -0.4 is 10.6 Å². The van der Waals surface area contributed by atoms with E-state index >= 15 is 0 Å². The molecule has 0 aliphatic rings. The van der Waals surface area contributed by atoms with Gasteiger partial charge in [-0.3, -0.25) is 0 Å². The van der Waals surface area contributed by atoms with Crippen molar-refractivity contribution in [2.24, 2.45) is 0 Å². The lowest BCUT2D eigenvalue weighted by Gasteiger charge is -2.12. The molecule has 2 nitrogen and oxygen atoms in total. The van der Waals surface area contributed by atoms with Crippen molar-refractivity contribution < 1.29 is 0 Å². The zero-order valence-corrected chi connectivity index (χ0v) is 15.6. The van der Waals surface area contributed by atoms with Gasteiger partial charge in [0.1, 0.15) is 0 Å². The van der Waals surface area contributed by atoms with Crippen molar-refractivity contribution >= 4 is 33.8 Å². The smallest absolute Gasteiger partial charge is 0.170 e. The molecule has 0 aliphatic heterocycles. The monoisotopic (exact) mass is 348 g/mol. The average Bonchev–Trinajstić information content (AvgIpc) is 2.62. The molecule has 0 fully saturated rings. The minimum absolute atomic E-state index is 0.682. The summed E-state index contributed by atoms with van der Waals surface area (Å²) in [5, 5.41) is 9.90. The number of benzene rings is 3. The minimum atomic E-state index is 0.682. The molecule has 0 spiro atoms. The van der Waals surface area contributed by atoms with E-state index in [1.807, 2.05) is 0 Å². The lowest BCUT2D eigenvalue weighted by Crippen LogP contribution is -2.29. The number of nitrogens with one attached hydrogen (secondary N) is 2. The fourth-order valence-corrected chi connectivity index (χ4v) is 3.21. The van der Waals surface area contributed by atoms with E-state index in [0.29, 0.717) is 5.11 Å². The van der Waals surface area contributed by atoms with Crippen molar-refractivity contribution in [1.82, 2.24) is 5.32 Å². The molecule has 0 aliphatic carbocycles. The average molecular weight is 349 g/mol. The normalized spacial score (nSPS) is 10.6. The third-order valence-corrected chi connectivity index (χ3v) is 4.80. The van der Waals surface area contributed by atoms with Gasteiger partial charge < -0.3 is 10.6 Å². The van der Waals surface area contributed by atoms with E-state index in [9.17, 15) is 0 Å². The van der Waals surface area contributed by atoms with Gasteiger partial charge in [0, 0.05) is 12.2 Å². The number of rotatable bonds is 5. The van der Waals surface area contributed by atoms with Gasteiger partial charge in [0.25, 0.3) is 0 Å². The Hall–Kier alpha value is -2.39. The second-order valence-electron chi connectivity index (χ2n) is 6.42. The van der Waals surface area contributed by atoms with Gasteiger partial charge in [-0.2, -0.15) is 0 Å². The Kier molecular flexibility index (Phi) is 5.67. The van der Waals surface area contributed by atoms with Crippen LogP contribution in [0.15, 0.2) is 60.7 Å². The predicted molar refractivity (Wildman–Crippen MR) is 112 cm³/mol. The van der Waals surface area contributed by atoms with Crippen LogP contribution in [0.1, 0.15) is 23.1 Å². The zero-order valence-electron chi connectivity index (χ0n) is 14.8. The summed E-state index contributed by atoms with van der Waals surface area (Å²) in [6.07, 6.45) is 2.09. The van der Waals surface area contributed by atoms with Gasteiger partial charge in [-0.05, 0) is 78.5 Å². The van der Waals surface area contributed by atoms with Crippen molar-refractivity contribution in [3.8, 4) is 0 Å². The van der Waals surface area contributed by atoms with Gasteiger partial charge in [-0.25, -0.2) is 0 Å². The van der Waals surface area contributed by atoms with E-state index in [-0.39, 0.29) is 0 Å². The molecule has 0 unspecified atom stereocenters. The van der Waals surface area contributed by atoms with Crippen LogP contribution in [-0.4, -0.2) is 11.7 Å². The Morgan fingerprint density at radius 1 is 0.920 bits per heavy atom. The highest BCUT2D eigenvalue weighted by molar-refractivity contribution is 7.80. The fraction of sp³-hybridized carbons (Fsp3) is 0.227. The SMILES string of the molecule is Cc1ccc(NC(=S)NCCCc2cccc3ccccc23)cc1C. The Balaban J connectivity index is 1.49. The van der Waals surface area contributed by atoms with Crippen molar-refractivity contribution in [3.05, 3.63) is 77.4 Å². The van der Waals surface area contributed by atoms with Gasteiger partial charge in [0.2, 0.25) is 0 Å². The quantitative estimate of drug-likeness (QED) is 0.478. The summed E-state index contributed by atoms with van der Waals surface area (Å²) in [4.78, 5) is 0. The highest BCUT2D eigenvalue weighted by Crippen LogP contribution is 2.19. The molecule has 128 valence electrons. The molecule has 2 N–H and O–H groups in total. The maximum Gasteiger partial charge on any atom is 0.170 e. The van der Waals surface area contributed by atoms with Crippen molar-refractivity contribution in [1.29, 1.82) is 0 Å². The summed E-state index contributed by atoms with van der Waals surface area (Å²) >= 11 is 5.40. The van der Waals surface area contributed by atoms with E-state index in [1.165, 1.54) is 27.5 Å². The van der Waals surface area contributed by atoms with E-state index in [1.54, 1.807) is 0 Å². The van der Waals surface area contributed by atoms with Crippen LogP contribution in [0.5, 0.6) is 0 Å². The molecule has 0 bridgehead atoms. The van der Waals surface area contributed by atoms with Crippen LogP contribution in [0.25, 0.3) is 10.8 Å². The highest BCUT2D eigenvalue weighted by atomic mass is 32.1. The zero-order chi connectivity index (χ0) is 17.6. The number of thiocarbonyl (C=S) groups is 1. The van der Waals surface area contributed by atoms with Crippen LogP contribution in [0.4, 0.5) is 5.69 Å². The third kappa shape index (κ3) is 4.58. The Labute approximate surface area is 155 Å². The lowest BCUT2D eigenvalue weighted by molar-refractivity contribution is 0.780. The van der Waals surface area contributed by atoms with Crippen LogP contribution >= 0.6 is 12.2 Å². The molecule has 0 radical (unpaired) electrons. The fourth-order valence-electron chi connectivity index (χ4n) is 2.99. The van der Waals surface area contributed by atoms with E-state index < -0.39 is 0 Å². The van der Waals surface area contributed by atoms with Crippen LogP contribution in [0.2, 0.25) is 0 Å². The Morgan fingerprint density at radius 3 is 2.56 bits per heavy atom. The standard InChI is InChI=1S/C22H24N2S/c1-16-12-13-20(15-17(16)2)24-22(25)23-14-6-10-19-9-5-8-18-7-3-4-11-21(18)19/h3-5,7-9,11-13,15H,6,10,14H2,1-2H3,(H2,23,24,25). The summed E-state index contributed by atoms with van der Waals surface area (Å²) in [5.41, 5.74) is 4.99. The van der Waals surface area contributed by atoms with Crippen molar-refractivity contribution in [2.45, 2.75) is 26.7 Å². The Bertz CT molecular complexity index is 881. The number of hydrogen-bond donors (Lipinski definition) is 2. The van der Waals surface area contributed by atoms with E-state index in [4.69, 9.17) is 12.2 Å². The van der Waals surface area contributed by atoms with Gasteiger partial charge in [0.15, 0.2) is 5.11 Å². The molecule has 3 aromatic carbocycles. The maximum absolute atomic E-state index is 5.40. The topological polar surface area (TPSA) is 24.1 Å². The van der Waals surface area contributed by atoms with Gasteiger partial charge in [-0.1, -0.05) is 48.5 Å². The second-order valence-corrected chi connectivity index (χ2v) is 6.83. The first-order chi connectivity index (χ1) is 12.1. The molecule has 0 heterocycles. The van der Waals surface area contributed by atoms with E-state index in [0.717, 1.165) is 25.1 Å². The third-order valence-electron chi connectivity index (χ3n) is 4.55. The Morgan fingerprint density at radius 2 is 1.72 bits per heavy atom. The molecular formula is C22H24N2S. The summed E-state index contributed by atoms with van der Waals surface area (Å²) < 4.78 is 0. The first kappa shape index (κ1) is 17.4. The largest absolute Gasteiger partial charge is 0.362 e. The van der Waals surface area contributed by atoms with Crippen LogP contribution in [0, 0.1) is 13.8 Å². The molecular weight excluding hydrogens is 324 g/mol. The second kappa shape index (κ2) is 8.13. The van der Waals surface area contributed by atoms with E-state index in [2.05, 4.69) is 85.1 Å². The predicted octanol–water partition coefficient (Wildman–Crippen LogP) is 5.38. The lowest BCUT2D eigenvalue weighted by atomic mass is 10.0. The molecule has 0 amide bonds. The molecule has 3 rings (SSSR count). The first-order valence-corrected chi connectivity index (χ1v) is 9.13. The van der Waals surface area contributed by atoms with Gasteiger partial charge in [0.05, 0.1) is 0 Å². The van der Waals surface area contributed by atoms with Gasteiger partial charge >= 0.3 is 0 Å².